The highest BCUT2D eigenvalue weighted by Gasteiger charge is 2.30. The number of anilines is 1. The summed E-state index contributed by atoms with van der Waals surface area (Å²) in [5.74, 6) is -0.126. The van der Waals surface area contributed by atoms with Gasteiger partial charge in [0, 0.05) is 29.8 Å². The Balaban J connectivity index is 1.53. The van der Waals surface area contributed by atoms with Gasteiger partial charge in [-0.25, -0.2) is 4.79 Å². The molecule has 1 aliphatic rings. The number of rotatable bonds is 9. The molecule has 1 fully saturated rings. The lowest BCUT2D eigenvalue weighted by Crippen LogP contribution is -2.27. The van der Waals surface area contributed by atoms with Gasteiger partial charge < -0.3 is 24.6 Å². The minimum Gasteiger partial charge on any atom is -0.507 e. The van der Waals surface area contributed by atoms with E-state index in [1.807, 2.05) is 0 Å². The van der Waals surface area contributed by atoms with Crippen LogP contribution in [0.5, 0.6) is 17.2 Å². The SMILES string of the molecule is CONC(=O)O[C@@H]1CC[C@H](c2cc(NC(=O)COc3cc(OC)cc(O)c3C=O)n[nH]2)C1. The van der Waals surface area contributed by atoms with Crippen molar-refractivity contribution in [1.29, 1.82) is 0 Å². The molecule has 12 heteroatoms. The van der Waals surface area contributed by atoms with E-state index in [-0.39, 0.29) is 34.8 Å². The van der Waals surface area contributed by atoms with Crippen molar-refractivity contribution in [2.75, 3.05) is 26.1 Å². The molecular weight excluding hydrogens is 424 g/mol. The molecule has 1 heterocycles. The monoisotopic (exact) mass is 448 g/mol. The molecule has 1 aliphatic carbocycles. The number of nitrogens with zero attached hydrogens (tertiary/aromatic N) is 1. The number of hydrogen-bond acceptors (Lipinski definition) is 9. The number of carbonyl (C=O) groups excluding carboxylic acids is 3. The molecule has 0 spiro atoms. The smallest absolute Gasteiger partial charge is 0.431 e. The van der Waals surface area contributed by atoms with Crippen LogP contribution < -0.4 is 20.3 Å². The molecule has 0 bridgehead atoms. The zero-order valence-electron chi connectivity index (χ0n) is 17.5. The van der Waals surface area contributed by atoms with Crippen LogP contribution in [-0.2, 0) is 14.4 Å². The highest BCUT2D eigenvalue weighted by molar-refractivity contribution is 5.91. The van der Waals surface area contributed by atoms with Crippen molar-refractivity contribution in [3.8, 4) is 17.2 Å². The number of hydrogen-bond donors (Lipinski definition) is 4. The topological polar surface area (TPSA) is 161 Å². The molecule has 0 radical (unpaired) electrons. The minimum atomic E-state index is -0.641. The first-order valence-corrected chi connectivity index (χ1v) is 9.77. The van der Waals surface area contributed by atoms with Gasteiger partial charge in [0.15, 0.2) is 18.7 Å². The summed E-state index contributed by atoms with van der Waals surface area (Å²) in [7, 11) is 2.72. The van der Waals surface area contributed by atoms with Crippen LogP contribution in [0.1, 0.15) is 41.2 Å². The van der Waals surface area contributed by atoms with Crippen LogP contribution in [0.15, 0.2) is 18.2 Å². The molecule has 172 valence electrons. The molecule has 1 aromatic carbocycles. The summed E-state index contributed by atoms with van der Waals surface area (Å²) < 4.78 is 15.6. The van der Waals surface area contributed by atoms with Gasteiger partial charge in [-0.15, -0.1) is 0 Å². The summed E-state index contributed by atoms with van der Waals surface area (Å²) in [6.07, 6.45) is 1.65. The number of aldehydes is 1. The van der Waals surface area contributed by atoms with E-state index < -0.39 is 18.6 Å². The summed E-state index contributed by atoms with van der Waals surface area (Å²) in [6, 6.07) is 4.37. The van der Waals surface area contributed by atoms with Gasteiger partial charge in [-0.05, 0) is 19.3 Å². The highest BCUT2D eigenvalue weighted by atomic mass is 16.7. The number of aromatic nitrogens is 2. The molecule has 32 heavy (non-hydrogen) atoms. The quantitative estimate of drug-likeness (QED) is 0.331. The standard InChI is InChI=1S/C20H24N4O8/c1-29-13-6-16(26)14(9-25)17(7-13)31-10-19(27)21-18-8-15(22-23-18)11-3-4-12(5-11)32-20(28)24-30-2/h6-9,11-12,26H,3-5,10H2,1-2H3,(H,24,28)(H2,21,22,23,27)/t11-,12+/m0/s1. The van der Waals surface area contributed by atoms with E-state index in [1.165, 1.54) is 26.4 Å². The second-order valence-corrected chi connectivity index (χ2v) is 7.07. The largest absolute Gasteiger partial charge is 0.507 e. The Hall–Kier alpha value is -3.80. The number of benzene rings is 1. The maximum absolute atomic E-state index is 12.2. The van der Waals surface area contributed by atoms with Gasteiger partial charge in [-0.3, -0.25) is 19.5 Å². The number of amides is 2. The lowest BCUT2D eigenvalue weighted by Gasteiger charge is -2.12. The van der Waals surface area contributed by atoms with Crippen molar-refractivity contribution in [3.63, 3.8) is 0 Å². The third-order valence-corrected chi connectivity index (χ3v) is 4.95. The molecule has 0 aliphatic heterocycles. The molecule has 2 aromatic rings. The number of aromatic hydroxyl groups is 1. The third-order valence-electron chi connectivity index (χ3n) is 4.95. The molecule has 3 rings (SSSR count). The molecule has 1 saturated carbocycles. The molecule has 0 saturated heterocycles. The van der Waals surface area contributed by atoms with E-state index in [1.54, 1.807) is 6.07 Å². The Morgan fingerprint density at radius 3 is 2.81 bits per heavy atom. The molecule has 0 unspecified atom stereocenters. The number of phenols is 1. The Kier molecular flexibility index (Phi) is 7.49. The minimum absolute atomic E-state index is 0.0178. The fourth-order valence-corrected chi connectivity index (χ4v) is 3.46. The van der Waals surface area contributed by atoms with E-state index in [2.05, 4.69) is 25.8 Å². The first kappa shape index (κ1) is 22.9. The number of phenolic OH excluding ortho intramolecular Hbond substituents is 1. The van der Waals surface area contributed by atoms with E-state index in [9.17, 15) is 19.5 Å². The Labute approximate surface area is 183 Å². The van der Waals surface area contributed by atoms with Crippen molar-refractivity contribution in [2.24, 2.45) is 0 Å². The van der Waals surface area contributed by atoms with E-state index in [0.717, 1.165) is 12.1 Å². The third kappa shape index (κ3) is 5.66. The average Bonchev–Trinajstić information content (AvgIpc) is 3.41. The number of aromatic amines is 1. The number of methoxy groups -OCH3 is 1. The molecule has 12 nitrogen and oxygen atoms in total. The van der Waals surface area contributed by atoms with Crippen LogP contribution in [0.4, 0.5) is 10.6 Å². The van der Waals surface area contributed by atoms with Crippen LogP contribution >= 0.6 is 0 Å². The van der Waals surface area contributed by atoms with Gasteiger partial charge in [0.2, 0.25) is 0 Å². The van der Waals surface area contributed by atoms with Gasteiger partial charge in [-0.1, -0.05) is 0 Å². The fraction of sp³-hybridized carbons (Fsp3) is 0.400. The normalized spacial score (nSPS) is 17.4. The van der Waals surface area contributed by atoms with Crippen molar-refractivity contribution < 1.29 is 38.5 Å². The first-order chi connectivity index (χ1) is 15.4. The zero-order valence-corrected chi connectivity index (χ0v) is 17.5. The predicted octanol–water partition coefficient (Wildman–Crippen LogP) is 1.88. The van der Waals surface area contributed by atoms with Crippen LogP contribution in [0.25, 0.3) is 0 Å². The molecular formula is C20H24N4O8. The van der Waals surface area contributed by atoms with Crippen LogP contribution in [0.2, 0.25) is 0 Å². The molecule has 2 amide bonds. The van der Waals surface area contributed by atoms with Crippen molar-refractivity contribution in [3.05, 3.63) is 29.5 Å². The maximum atomic E-state index is 12.2. The molecule has 4 N–H and O–H groups in total. The summed E-state index contributed by atoms with van der Waals surface area (Å²) in [5.41, 5.74) is 2.83. The maximum Gasteiger partial charge on any atom is 0.431 e. The zero-order chi connectivity index (χ0) is 23.1. The number of ether oxygens (including phenoxy) is 3. The van der Waals surface area contributed by atoms with Crippen LogP contribution in [-0.4, -0.2) is 60.5 Å². The first-order valence-electron chi connectivity index (χ1n) is 9.77. The fourth-order valence-electron chi connectivity index (χ4n) is 3.46. The van der Waals surface area contributed by atoms with Gasteiger partial charge >= 0.3 is 6.09 Å². The van der Waals surface area contributed by atoms with Crippen LogP contribution in [0, 0.1) is 0 Å². The number of hydroxylamine groups is 1. The lowest BCUT2D eigenvalue weighted by atomic mass is 10.0. The van der Waals surface area contributed by atoms with Crippen molar-refractivity contribution >= 4 is 24.1 Å². The van der Waals surface area contributed by atoms with Crippen molar-refractivity contribution in [1.82, 2.24) is 15.7 Å². The predicted molar refractivity (Wildman–Crippen MR) is 110 cm³/mol. The number of H-pyrrole nitrogens is 1. The second kappa shape index (κ2) is 10.5. The second-order valence-electron chi connectivity index (χ2n) is 7.07. The van der Waals surface area contributed by atoms with E-state index in [4.69, 9.17) is 14.2 Å². The molecule has 2 atom stereocenters. The number of carbonyl (C=O) groups is 3. The van der Waals surface area contributed by atoms with E-state index in [0.29, 0.717) is 24.9 Å². The van der Waals surface area contributed by atoms with Gasteiger partial charge in [0.05, 0.1) is 19.8 Å². The summed E-state index contributed by atoms with van der Waals surface area (Å²) in [6.45, 7) is -0.413. The summed E-state index contributed by atoms with van der Waals surface area (Å²) in [4.78, 5) is 39.4. The number of nitrogens with one attached hydrogen (secondary N) is 3. The highest BCUT2D eigenvalue weighted by Crippen LogP contribution is 2.36. The summed E-state index contributed by atoms with van der Waals surface area (Å²) >= 11 is 0. The Bertz CT molecular complexity index is 977. The Morgan fingerprint density at radius 2 is 2.09 bits per heavy atom. The van der Waals surface area contributed by atoms with Gasteiger partial charge in [0.25, 0.3) is 5.91 Å². The van der Waals surface area contributed by atoms with Gasteiger partial charge in [-0.2, -0.15) is 10.6 Å². The van der Waals surface area contributed by atoms with Gasteiger partial charge in [0.1, 0.15) is 23.4 Å². The summed E-state index contributed by atoms with van der Waals surface area (Å²) in [5, 5.41) is 19.4. The average molecular weight is 448 g/mol. The van der Waals surface area contributed by atoms with E-state index >= 15 is 0 Å². The van der Waals surface area contributed by atoms with Crippen LogP contribution in [0.3, 0.4) is 0 Å². The lowest BCUT2D eigenvalue weighted by molar-refractivity contribution is -0.118. The van der Waals surface area contributed by atoms with Crippen molar-refractivity contribution in [2.45, 2.75) is 31.3 Å². The Morgan fingerprint density at radius 1 is 1.28 bits per heavy atom. The molecule has 1 aromatic heterocycles.